The summed E-state index contributed by atoms with van der Waals surface area (Å²) in [6.45, 7) is 2.53. The van der Waals surface area contributed by atoms with Crippen molar-refractivity contribution in [2.75, 3.05) is 26.8 Å². The Hall–Kier alpha value is -3.58. The molecule has 1 saturated heterocycles. The molecule has 0 spiro atoms. The summed E-state index contributed by atoms with van der Waals surface area (Å²) in [5.74, 6) is 0.768. The molecule has 5 rings (SSSR count). The summed E-state index contributed by atoms with van der Waals surface area (Å²) in [7, 11) is 1.65. The second-order valence-electron chi connectivity index (χ2n) is 7.98. The van der Waals surface area contributed by atoms with E-state index in [1.54, 1.807) is 13.3 Å². The number of fused-ring (bicyclic) bond motifs is 2. The van der Waals surface area contributed by atoms with Gasteiger partial charge in [0, 0.05) is 35.9 Å². The second kappa shape index (κ2) is 8.88. The number of nitrogens with zero attached hydrogens (tertiary/aromatic N) is 2. The molecule has 2 N–H and O–H groups in total. The highest BCUT2D eigenvalue weighted by atomic mass is 16.6. The number of hydrogen-bond acceptors (Lipinski definition) is 5. The second-order valence-corrected chi connectivity index (χ2v) is 7.98. The molecule has 1 fully saturated rings. The summed E-state index contributed by atoms with van der Waals surface area (Å²) in [6, 6.07) is 18.1. The first-order valence-corrected chi connectivity index (χ1v) is 10.9. The van der Waals surface area contributed by atoms with Crippen molar-refractivity contribution in [3.05, 3.63) is 72.1 Å². The van der Waals surface area contributed by atoms with E-state index in [-0.39, 0.29) is 12.1 Å². The van der Waals surface area contributed by atoms with E-state index in [1.807, 2.05) is 41.3 Å². The zero-order valence-corrected chi connectivity index (χ0v) is 18.0. The lowest BCUT2D eigenvalue weighted by molar-refractivity contribution is 0.157. The molecule has 0 aliphatic carbocycles. The van der Waals surface area contributed by atoms with Crippen molar-refractivity contribution in [3.8, 4) is 5.75 Å². The number of ether oxygens (including phenoxy) is 2. The first kappa shape index (κ1) is 20.3. The van der Waals surface area contributed by atoms with Gasteiger partial charge in [-0.05, 0) is 60.3 Å². The molecular weight excluding hydrogens is 404 g/mol. The largest absolute Gasteiger partial charge is 0.497 e. The normalized spacial score (nSPS) is 16.1. The number of rotatable bonds is 8. The summed E-state index contributed by atoms with van der Waals surface area (Å²) in [5.41, 5.74) is 4.21. The third kappa shape index (κ3) is 3.99. The number of aromatic amines is 1. The lowest BCUT2D eigenvalue weighted by Crippen LogP contribution is -2.30. The molecule has 4 aromatic rings. The predicted octanol–water partition coefficient (Wildman–Crippen LogP) is 4.40. The van der Waals surface area contributed by atoms with E-state index in [4.69, 9.17) is 9.47 Å². The quantitative estimate of drug-likeness (QED) is 0.405. The third-order valence-electron chi connectivity index (χ3n) is 5.97. The molecule has 0 saturated carbocycles. The minimum Gasteiger partial charge on any atom is -0.497 e. The van der Waals surface area contributed by atoms with Crippen molar-refractivity contribution < 1.29 is 14.3 Å². The van der Waals surface area contributed by atoms with Gasteiger partial charge in [0.15, 0.2) is 0 Å². The molecular formula is C25H26N4O3. The number of aromatic nitrogens is 2. The minimum absolute atomic E-state index is 0.131. The van der Waals surface area contributed by atoms with Crippen molar-refractivity contribution in [3.63, 3.8) is 0 Å². The van der Waals surface area contributed by atoms with Gasteiger partial charge in [-0.1, -0.05) is 18.2 Å². The van der Waals surface area contributed by atoms with Gasteiger partial charge in [0.05, 0.1) is 18.7 Å². The molecule has 0 radical (unpaired) electrons. The first-order chi connectivity index (χ1) is 15.7. The Balaban J connectivity index is 1.22. The minimum atomic E-state index is -0.265. The van der Waals surface area contributed by atoms with E-state index in [0.717, 1.165) is 52.9 Å². The van der Waals surface area contributed by atoms with Crippen LogP contribution in [0.25, 0.3) is 21.8 Å². The molecule has 32 heavy (non-hydrogen) atoms. The van der Waals surface area contributed by atoms with Crippen LogP contribution >= 0.6 is 0 Å². The Labute approximate surface area is 186 Å². The number of carbonyl (C=O) groups is 1. The van der Waals surface area contributed by atoms with Gasteiger partial charge in [0.25, 0.3) is 0 Å². The molecule has 7 nitrogen and oxygen atoms in total. The smallest absolute Gasteiger partial charge is 0.410 e. The van der Waals surface area contributed by atoms with Gasteiger partial charge in [-0.3, -0.25) is 9.88 Å². The van der Waals surface area contributed by atoms with Gasteiger partial charge in [-0.2, -0.15) is 0 Å². The van der Waals surface area contributed by atoms with Crippen molar-refractivity contribution in [1.29, 1.82) is 0 Å². The number of hydrogen-bond donors (Lipinski definition) is 2. The molecule has 2 aromatic heterocycles. The topological polar surface area (TPSA) is 79.5 Å². The number of pyridine rings is 1. The maximum absolute atomic E-state index is 12.4. The number of H-pyrrole nitrogens is 1. The fourth-order valence-electron chi connectivity index (χ4n) is 4.35. The van der Waals surface area contributed by atoms with E-state index in [2.05, 4.69) is 33.5 Å². The van der Waals surface area contributed by atoms with Crippen LogP contribution in [0, 0.1) is 0 Å². The van der Waals surface area contributed by atoms with E-state index in [0.29, 0.717) is 13.2 Å². The number of methoxy groups -OCH3 is 1. The zero-order chi connectivity index (χ0) is 21.9. The predicted molar refractivity (Wildman–Crippen MR) is 124 cm³/mol. The average molecular weight is 431 g/mol. The lowest BCUT2D eigenvalue weighted by Gasteiger charge is -2.23. The molecule has 0 bridgehead atoms. The van der Waals surface area contributed by atoms with Crippen molar-refractivity contribution in [1.82, 2.24) is 20.2 Å². The highest BCUT2D eigenvalue weighted by Gasteiger charge is 2.34. The van der Waals surface area contributed by atoms with Crippen LogP contribution in [0.15, 0.2) is 60.8 Å². The van der Waals surface area contributed by atoms with Crippen LogP contribution in [0.5, 0.6) is 5.75 Å². The number of nitrogens with one attached hydrogen (secondary N) is 2. The van der Waals surface area contributed by atoms with Crippen molar-refractivity contribution >= 4 is 27.9 Å². The first-order valence-electron chi connectivity index (χ1n) is 10.9. The highest BCUT2D eigenvalue weighted by molar-refractivity contribution is 5.85. The summed E-state index contributed by atoms with van der Waals surface area (Å²) >= 11 is 0. The van der Waals surface area contributed by atoms with E-state index in [1.165, 1.54) is 5.39 Å². The van der Waals surface area contributed by atoms with Crippen LogP contribution in [0.1, 0.15) is 23.7 Å². The highest BCUT2D eigenvalue weighted by Crippen LogP contribution is 2.33. The number of carbonyl (C=O) groups excluding carboxylic acids is 1. The summed E-state index contributed by atoms with van der Waals surface area (Å²) < 4.78 is 10.8. The molecule has 1 aliphatic heterocycles. The Morgan fingerprint density at radius 2 is 2.12 bits per heavy atom. The van der Waals surface area contributed by atoms with Gasteiger partial charge in [-0.15, -0.1) is 0 Å². The fourth-order valence-corrected chi connectivity index (χ4v) is 4.35. The molecule has 3 heterocycles. The lowest BCUT2D eigenvalue weighted by atomic mass is 10.0. The van der Waals surface area contributed by atoms with E-state index >= 15 is 0 Å². The molecule has 0 unspecified atom stereocenters. The van der Waals surface area contributed by atoms with Crippen LogP contribution in [0.4, 0.5) is 4.79 Å². The van der Waals surface area contributed by atoms with Crippen LogP contribution in [-0.4, -0.2) is 47.8 Å². The van der Waals surface area contributed by atoms with Gasteiger partial charge < -0.3 is 19.8 Å². The summed E-state index contributed by atoms with van der Waals surface area (Å²) in [5, 5.41) is 5.66. The zero-order valence-electron chi connectivity index (χ0n) is 18.0. The Bertz CT molecular complexity index is 1220. The molecule has 1 atom stereocenters. The molecule has 164 valence electrons. The summed E-state index contributed by atoms with van der Waals surface area (Å²) in [4.78, 5) is 22.1. The Morgan fingerprint density at radius 3 is 3.00 bits per heavy atom. The number of cyclic esters (lactones) is 1. The maximum atomic E-state index is 12.4. The van der Waals surface area contributed by atoms with Gasteiger partial charge in [0.1, 0.15) is 12.4 Å². The number of amides is 1. The van der Waals surface area contributed by atoms with E-state index < -0.39 is 0 Å². The van der Waals surface area contributed by atoms with Gasteiger partial charge in [-0.25, -0.2) is 4.79 Å². The number of benzene rings is 2. The fraction of sp³-hybridized carbons (Fsp3) is 0.280. The van der Waals surface area contributed by atoms with Crippen LogP contribution < -0.4 is 10.1 Å². The SMILES string of the molecule is COc1ccc2nccc([C@@H]3COC(=O)N3CCCNCc3cc4ccccc4[nH]3)c2c1. The Kier molecular flexibility index (Phi) is 5.64. The molecule has 1 aliphatic rings. The third-order valence-corrected chi connectivity index (χ3v) is 5.97. The molecule has 7 heteroatoms. The van der Waals surface area contributed by atoms with Gasteiger partial charge >= 0.3 is 6.09 Å². The summed E-state index contributed by atoms with van der Waals surface area (Å²) in [6.07, 6.45) is 2.35. The van der Waals surface area contributed by atoms with Crippen LogP contribution in [0.2, 0.25) is 0 Å². The average Bonchev–Trinajstić information content (AvgIpc) is 3.41. The van der Waals surface area contributed by atoms with Crippen molar-refractivity contribution in [2.24, 2.45) is 0 Å². The molecule has 2 aromatic carbocycles. The maximum Gasteiger partial charge on any atom is 0.410 e. The standard InChI is InChI=1S/C25H26N4O3/c1-31-19-7-8-23-21(14-19)20(9-11-27-23)24-16-32-25(30)29(24)12-4-10-26-15-18-13-17-5-2-3-6-22(17)28-18/h2-3,5-9,11,13-14,24,26,28H,4,10,12,15-16H2,1H3/t24-/m0/s1. The van der Waals surface area contributed by atoms with Gasteiger partial charge in [0.2, 0.25) is 0 Å². The van der Waals surface area contributed by atoms with Crippen LogP contribution in [-0.2, 0) is 11.3 Å². The monoisotopic (exact) mass is 430 g/mol. The van der Waals surface area contributed by atoms with Crippen LogP contribution in [0.3, 0.4) is 0 Å². The molecule has 1 amide bonds. The Morgan fingerprint density at radius 1 is 1.22 bits per heavy atom. The number of para-hydroxylation sites is 1. The van der Waals surface area contributed by atoms with E-state index in [9.17, 15) is 4.79 Å². The van der Waals surface area contributed by atoms with Crippen molar-refractivity contribution in [2.45, 2.75) is 19.0 Å².